The minimum atomic E-state index is -4.87. The van der Waals surface area contributed by atoms with Gasteiger partial charge in [0.2, 0.25) is 0 Å². The predicted molar refractivity (Wildman–Crippen MR) is 157 cm³/mol. The molecule has 1 N–H and O–H groups in total. The monoisotopic (exact) mass is 687 g/mol. The zero-order valence-corrected chi connectivity index (χ0v) is 26.8. The van der Waals surface area contributed by atoms with Crippen molar-refractivity contribution in [2.75, 3.05) is 38.6 Å². The van der Waals surface area contributed by atoms with E-state index < -0.39 is 51.8 Å². The summed E-state index contributed by atoms with van der Waals surface area (Å²) in [5.41, 5.74) is -2.14. The third kappa shape index (κ3) is 5.77. The molecule has 2 aliphatic rings. The van der Waals surface area contributed by atoms with Gasteiger partial charge in [0.1, 0.15) is 16.6 Å². The molecule has 2 atom stereocenters. The minimum Gasteiger partial charge on any atom is -0.481 e. The number of nitrogens with zero attached hydrogens (tertiary/aromatic N) is 7. The number of likely N-dealkylation sites (N-methyl/N-ethyl adjacent to an activating group) is 1. The molecule has 0 saturated carbocycles. The van der Waals surface area contributed by atoms with Gasteiger partial charge in [0, 0.05) is 31.1 Å². The molecular formula is C28H34BrF4N7O4. The van der Waals surface area contributed by atoms with Crippen LogP contribution in [0.2, 0.25) is 0 Å². The average Bonchev–Trinajstić information content (AvgIpc) is 3.31. The Balaban J connectivity index is 1.65. The van der Waals surface area contributed by atoms with Crippen molar-refractivity contribution in [3.05, 3.63) is 21.9 Å². The molecule has 44 heavy (non-hydrogen) atoms. The van der Waals surface area contributed by atoms with Crippen molar-refractivity contribution in [2.45, 2.75) is 76.4 Å². The second-order valence-corrected chi connectivity index (χ2v) is 13.8. The Bertz CT molecular complexity index is 1630. The van der Waals surface area contributed by atoms with Crippen LogP contribution in [0.5, 0.6) is 0 Å². The van der Waals surface area contributed by atoms with E-state index in [-0.39, 0.29) is 59.1 Å². The van der Waals surface area contributed by atoms with Gasteiger partial charge in [-0.25, -0.2) is 18.9 Å². The van der Waals surface area contributed by atoms with Gasteiger partial charge in [-0.2, -0.15) is 13.2 Å². The first-order valence-corrected chi connectivity index (χ1v) is 14.9. The van der Waals surface area contributed by atoms with E-state index in [1.54, 1.807) is 20.8 Å². The molecule has 3 aromatic rings. The second kappa shape index (κ2) is 11.0. The summed E-state index contributed by atoms with van der Waals surface area (Å²) in [5.74, 6) is -2.00. The lowest BCUT2D eigenvalue weighted by molar-refractivity contribution is -0.139. The van der Waals surface area contributed by atoms with E-state index in [0.29, 0.717) is 13.1 Å². The van der Waals surface area contributed by atoms with Gasteiger partial charge in [0.25, 0.3) is 0 Å². The number of aliphatic carboxylic acids is 1. The van der Waals surface area contributed by atoms with Crippen LogP contribution in [0.4, 0.5) is 28.2 Å². The number of anilines is 1. The van der Waals surface area contributed by atoms with E-state index >= 15 is 4.39 Å². The smallest absolute Gasteiger partial charge is 0.417 e. The maximum absolute atomic E-state index is 15.7. The fraction of sp³-hybridized carbons (Fsp3) is 0.607. The fourth-order valence-corrected chi connectivity index (χ4v) is 6.39. The van der Waals surface area contributed by atoms with Gasteiger partial charge in [-0.05, 0) is 76.6 Å². The van der Waals surface area contributed by atoms with Crippen LogP contribution < -0.4 is 4.90 Å². The van der Waals surface area contributed by atoms with Crippen LogP contribution in [-0.2, 0) is 15.7 Å². The number of carboxylic acids is 1. The van der Waals surface area contributed by atoms with Crippen LogP contribution in [-0.4, -0.2) is 97.9 Å². The molecule has 2 fully saturated rings. The number of benzene rings is 1. The number of carboxylic acid groups (broad SMARTS) is 1. The molecule has 1 aromatic carbocycles. The van der Waals surface area contributed by atoms with Crippen molar-refractivity contribution < 1.29 is 37.0 Å². The summed E-state index contributed by atoms with van der Waals surface area (Å²) >= 11 is 2.79. The SMILES string of the molecule is CN(C)C1(C)CN(c2nc3c(F)c(Br)c(C(F)(F)F)cc3c3c2nnn3[C@H]2CCN(C(=O)OC(C)(C)C)[C@H](CC(=O)O)C2)C1. The molecule has 11 nitrogen and oxygen atoms in total. The third-order valence-electron chi connectivity index (χ3n) is 8.38. The molecule has 5 rings (SSSR count). The van der Waals surface area contributed by atoms with Crippen LogP contribution in [0.3, 0.4) is 0 Å². The number of fused-ring (bicyclic) bond motifs is 3. The van der Waals surface area contributed by atoms with Crippen molar-refractivity contribution in [1.29, 1.82) is 0 Å². The van der Waals surface area contributed by atoms with Gasteiger partial charge in [-0.15, -0.1) is 5.10 Å². The highest BCUT2D eigenvalue weighted by molar-refractivity contribution is 9.10. The first kappa shape index (κ1) is 32.1. The van der Waals surface area contributed by atoms with Crippen molar-refractivity contribution in [3.8, 4) is 0 Å². The molecule has 0 bridgehead atoms. The first-order chi connectivity index (χ1) is 20.3. The summed E-state index contributed by atoms with van der Waals surface area (Å²) in [4.78, 5) is 34.5. The van der Waals surface area contributed by atoms with Crippen LogP contribution in [0.1, 0.15) is 58.6 Å². The number of pyridine rings is 1. The number of ether oxygens (including phenoxy) is 1. The van der Waals surface area contributed by atoms with Gasteiger partial charge < -0.3 is 24.5 Å². The predicted octanol–water partition coefficient (Wildman–Crippen LogP) is 5.46. The van der Waals surface area contributed by atoms with Gasteiger partial charge in [-0.3, -0.25) is 4.79 Å². The number of hydrogen-bond donors (Lipinski definition) is 1. The second-order valence-electron chi connectivity index (χ2n) is 13.0. The van der Waals surface area contributed by atoms with Crippen LogP contribution in [0.25, 0.3) is 21.9 Å². The van der Waals surface area contributed by atoms with E-state index in [4.69, 9.17) is 4.74 Å². The lowest BCUT2D eigenvalue weighted by atomic mass is 9.90. The molecule has 2 saturated heterocycles. The van der Waals surface area contributed by atoms with E-state index in [1.807, 2.05) is 30.8 Å². The number of carbonyl (C=O) groups excluding carboxylic acids is 1. The van der Waals surface area contributed by atoms with Gasteiger partial charge in [-0.1, -0.05) is 5.21 Å². The third-order valence-corrected chi connectivity index (χ3v) is 9.16. The lowest BCUT2D eigenvalue weighted by Crippen LogP contribution is -2.67. The summed E-state index contributed by atoms with van der Waals surface area (Å²) in [6.07, 6.45) is -5.52. The number of piperidine rings is 1. The number of amides is 1. The number of halogens is 5. The Labute approximate surface area is 259 Å². The molecule has 240 valence electrons. The summed E-state index contributed by atoms with van der Waals surface area (Å²) < 4.78 is 63.9. The van der Waals surface area contributed by atoms with Gasteiger partial charge >= 0.3 is 18.2 Å². The Kier molecular flexibility index (Phi) is 8.01. The Morgan fingerprint density at radius 2 is 1.86 bits per heavy atom. The molecule has 2 aliphatic heterocycles. The minimum absolute atomic E-state index is 0.107. The maximum Gasteiger partial charge on any atom is 0.417 e. The lowest BCUT2D eigenvalue weighted by Gasteiger charge is -2.52. The number of rotatable bonds is 5. The molecule has 0 aliphatic carbocycles. The first-order valence-electron chi connectivity index (χ1n) is 14.1. The molecule has 2 aromatic heterocycles. The largest absolute Gasteiger partial charge is 0.481 e. The molecule has 0 radical (unpaired) electrons. The highest BCUT2D eigenvalue weighted by atomic mass is 79.9. The number of carbonyl (C=O) groups is 2. The summed E-state index contributed by atoms with van der Waals surface area (Å²) in [7, 11) is 3.87. The van der Waals surface area contributed by atoms with Crippen LogP contribution in [0.15, 0.2) is 10.5 Å². The zero-order chi connectivity index (χ0) is 32.5. The Morgan fingerprint density at radius 1 is 1.20 bits per heavy atom. The number of alkyl halides is 3. The van der Waals surface area contributed by atoms with Gasteiger partial charge in [0.15, 0.2) is 17.2 Å². The number of aromatic nitrogens is 4. The topological polar surface area (TPSA) is 117 Å². The van der Waals surface area contributed by atoms with Gasteiger partial charge in [0.05, 0.1) is 28.0 Å². The molecular weight excluding hydrogens is 654 g/mol. The molecule has 16 heteroatoms. The highest BCUT2D eigenvalue weighted by Crippen LogP contribution is 2.44. The van der Waals surface area contributed by atoms with E-state index in [0.717, 1.165) is 6.07 Å². The molecule has 0 spiro atoms. The Hall–Kier alpha value is -3.27. The molecule has 0 unspecified atom stereocenters. The Morgan fingerprint density at radius 3 is 2.43 bits per heavy atom. The van der Waals surface area contributed by atoms with Crippen molar-refractivity contribution in [3.63, 3.8) is 0 Å². The van der Waals surface area contributed by atoms with Crippen molar-refractivity contribution in [2.24, 2.45) is 0 Å². The fourth-order valence-electron chi connectivity index (χ4n) is 5.86. The number of hydrogen-bond acceptors (Lipinski definition) is 8. The number of likely N-dealkylation sites (tertiary alicyclic amines) is 1. The maximum atomic E-state index is 15.7. The normalized spacial score (nSPS) is 20.8. The quantitative estimate of drug-likeness (QED) is 0.349. The van der Waals surface area contributed by atoms with E-state index in [1.165, 1.54) is 9.58 Å². The van der Waals surface area contributed by atoms with Crippen LogP contribution >= 0.6 is 15.9 Å². The highest BCUT2D eigenvalue weighted by Gasteiger charge is 2.44. The summed E-state index contributed by atoms with van der Waals surface area (Å²) in [6.45, 7) is 8.29. The average molecular weight is 689 g/mol. The standard InChI is InChI=1S/C28H34BrF4N7O4/c1-26(2,3)44-25(43)39-8-7-14(9-15(39)10-18(41)42)40-23-16-11-17(28(31,32)33)19(29)20(30)21(16)34-24(22(23)35-36-40)38-12-27(4,13-38)37(5)6/h11,14-15H,7-10,12-13H2,1-6H3,(H,41,42)/t14-,15-/m0/s1. The molecule has 1 amide bonds. The van der Waals surface area contributed by atoms with Crippen molar-refractivity contribution >= 4 is 55.7 Å². The van der Waals surface area contributed by atoms with Crippen molar-refractivity contribution in [1.82, 2.24) is 29.8 Å². The van der Waals surface area contributed by atoms with E-state index in [9.17, 15) is 27.9 Å². The van der Waals surface area contributed by atoms with Crippen LogP contribution in [0, 0.1) is 5.82 Å². The zero-order valence-electron chi connectivity index (χ0n) is 25.2. The summed E-state index contributed by atoms with van der Waals surface area (Å²) in [5, 5.41) is 18.1. The summed E-state index contributed by atoms with van der Waals surface area (Å²) in [6, 6.07) is -0.516. The van der Waals surface area contributed by atoms with E-state index in [2.05, 4.69) is 31.2 Å². The molecule has 4 heterocycles.